The van der Waals surface area contributed by atoms with Gasteiger partial charge in [-0.15, -0.1) is 0 Å². The second kappa shape index (κ2) is 6.76. The molecule has 2 aromatic rings. The van der Waals surface area contributed by atoms with Gasteiger partial charge < -0.3 is 5.32 Å². The van der Waals surface area contributed by atoms with Gasteiger partial charge in [-0.2, -0.15) is 5.10 Å². The summed E-state index contributed by atoms with van der Waals surface area (Å²) in [6.45, 7) is 4.07. The molecule has 1 N–H and O–H groups in total. The van der Waals surface area contributed by atoms with Crippen LogP contribution in [0.2, 0.25) is 0 Å². The summed E-state index contributed by atoms with van der Waals surface area (Å²) in [5, 5.41) is 18.1. The van der Waals surface area contributed by atoms with E-state index >= 15 is 0 Å². The van der Waals surface area contributed by atoms with Crippen molar-refractivity contribution in [3.8, 4) is 0 Å². The maximum Gasteiger partial charge on any atom is 0.269 e. The van der Waals surface area contributed by atoms with Crippen molar-refractivity contribution in [3.05, 3.63) is 52.1 Å². The second-order valence-electron chi connectivity index (χ2n) is 4.43. The molecule has 0 fully saturated rings. The van der Waals surface area contributed by atoms with E-state index in [0.717, 1.165) is 24.4 Å². The van der Waals surface area contributed by atoms with E-state index in [2.05, 4.69) is 22.3 Å². The second-order valence-corrected chi connectivity index (χ2v) is 4.43. The lowest BCUT2D eigenvalue weighted by atomic mass is 10.2. The van der Waals surface area contributed by atoms with Gasteiger partial charge in [0.25, 0.3) is 5.69 Å². The van der Waals surface area contributed by atoms with Gasteiger partial charge in [0, 0.05) is 25.2 Å². The van der Waals surface area contributed by atoms with E-state index in [9.17, 15) is 10.1 Å². The number of aryl methyl sites for hydroxylation is 1. The van der Waals surface area contributed by atoms with Crippen molar-refractivity contribution >= 4 is 5.69 Å². The van der Waals surface area contributed by atoms with Gasteiger partial charge in [0.05, 0.1) is 11.5 Å². The Kier molecular flexibility index (Phi) is 4.78. The van der Waals surface area contributed by atoms with Gasteiger partial charge in [0.1, 0.15) is 12.2 Å². The number of benzene rings is 1. The van der Waals surface area contributed by atoms with Crippen LogP contribution in [-0.4, -0.2) is 19.7 Å². The van der Waals surface area contributed by atoms with Crippen LogP contribution >= 0.6 is 0 Å². The molecule has 0 aliphatic heterocycles. The average Bonchev–Trinajstić information content (AvgIpc) is 2.87. The first kappa shape index (κ1) is 14.1. The molecule has 1 aromatic heterocycles. The maximum absolute atomic E-state index is 10.7. The van der Waals surface area contributed by atoms with Gasteiger partial charge in [-0.3, -0.25) is 10.1 Å². The first-order valence-corrected chi connectivity index (χ1v) is 6.51. The summed E-state index contributed by atoms with van der Waals surface area (Å²) in [5.74, 6) is 0.872. The summed E-state index contributed by atoms with van der Waals surface area (Å²) in [6.07, 6.45) is 2.54. The fraction of sp³-hybridized carbons (Fsp3) is 0.385. The molecule has 20 heavy (non-hydrogen) atoms. The van der Waals surface area contributed by atoms with Gasteiger partial charge in [0.2, 0.25) is 0 Å². The SMILES string of the molecule is CCCn1ncnc1CNCc1cccc([N+](=O)[O-])c1. The Morgan fingerprint density at radius 1 is 1.40 bits per heavy atom. The summed E-state index contributed by atoms with van der Waals surface area (Å²) in [4.78, 5) is 14.5. The van der Waals surface area contributed by atoms with E-state index in [1.54, 1.807) is 18.5 Å². The van der Waals surface area contributed by atoms with Crippen molar-refractivity contribution in [2.75, 3.05) is 0 Å². The molecule has 7 heteroatoms. The normalized spacial score (nSPS) is 10.7. The Labute approximate surface area is 116 Å². The van der Waals surface area contributed by atoms with Gasteiger partial charge in [-0.05, 0) is 12.0 Å². The Bertz CT molecular complexity index is 582. The first-order valence-electron chi connectivity index (χ1n) is 6.51. The highest BCUT2D eigenvalue weighted by atomic mass is 16.6. The van der Waals surface area contributed by atoms with Crippen molar-refractivity contribution in [2.45, 2.75) is 33.0 Å². The van der Waals surface area contributed by atoms with E-state index < -0.39 is 0 Å². The summed E-state index contributed by atoms with van der Waals surface area (Å²) >= 11 is 0. The lowest BCUT2D eigenvalue weighted by molar-refractivity contribution is -0.384. The number of non-ortho nitro benzene ring substituents is 1. The molecule has 0 saturated heterocycles. The molecule has 7 nitrogen and oxygen atoms in total. The molecular weight excluding hydrogens is 258 g/mol. The van der Waals surface area contributed by atoms with Crippen LogP contribution in [0.15, 0.2) is 30.6 Å². The largest absolute Gasteiger partial charge is 0.306 e. The number of nitrogens with zero attached hydrogens (tertiary/aromatic N) is 4. The van der Waals surface area contributed by atoms with Crippen LogP contribution in [0.5, 0.6) is 0 Å². The highest BCUT2D eigenvalue weighted by Crippen LogP contribution is 2.12. The Morgan fingerprint density at radius 3 is 3.00 bits per heavy atom. The summed E-state index contributed by atoms with van der Waals surface area (Å²) < 4.78 is 1.86. The number of aromatic nitrogens is 3. The predicted molar refractivity (Wildman–Crippen MR) is 74.0 cm³/mol. The molecule has 0 aliphatic rings. The monoisotopic (exact) mass is 275 g/mol. The van der Waals surface area contributed by atoms with Crippen molar-refractivity contribution in [3.63, 3.8) is 0 Å². The summed E-state index contributed by atoms with van der Waals surface area (Å²) in [7, 11) is 0. The van der Waals surface area contributed by atoms with Gasteiger partial charge in [-0.25, -0.2) is 9.67 Å². The van der Waals surface area contributed by atoms with Crippen molar-refractivity contribution in [2.24, 2.45) is 0 Å². The van der Waals surface area contributed by atoms with Gasteiger partial charge >= 0.3 is 0 Å². The average molecular weight is 275 g/mol. The lowest BCUT2D eigenvalue weighted by Gasteiger charge is -2.06. The molecule has 0 radical (unpaired) electrons. The Balaban J connectivity index is 1.91. The van der Waals surface area contributed by atoms with Gasteiger partial charge in [-0.1, -0.05) is 19.1 Å². The summed E-state index contributed by atoms with van der Waals surface area (Å²) in [5.41, 5.74) is 0.985. The third kappa shape index (κ3) is 3.61. The van der Waals surface area contributed by atoms with E-state index in [-0.39, 0.29) is 10.6 Å². The molecule has 1 heterocycles. The predicted octanol–water partition coefficient (Wildman–Crippen LogP) is 1.89. The number of nitro benzene ring substituents is 1. The van der Waals surface area contributed by atoms with Crippen molar-refractivity contribution in [1.29, 1.82) is 0 Å². The zero-order valence-corrected chi connectivity index (χ0v) is 11.3. The number of nitrogens with one attached hydrogen (secondary N) is 1. The van der Waals surface area contributed by atoms with Crippen LogP contribution in [0, 0.1) is 10.1 Å². The van der Waals surface area contributed by atoms with Crippen molar-refractivity contribution < 1.29 is 4.92 Å². The molecule has 0 aliphatic carbocycles. The number of nitro groups is 1. The topological polar surface area (TPSA) is 85.9 Å². The zero-order chi connectivity index (χ0) is 14.4. The molecule has 0 saturated carbocycles. The fourth-order valence-corrected chi connectivity index (χ4v) is 1.92. The molecule has 1 aromatic carbocycles. The highest BCUT2D eigenvalue weighted by Gasteiger charge is 2.06. The number of hydrogen-bond donors (Lipinski definition) is 1. The lowest BCUT2D eigenvalue weighted by Crippen LogP contribution is -2.17. The molecule has 0 atom stereocenters. The minimum atomic E-state index is -0.388. The molecule has 106 valence electrons. The third-order valence-electron chi connectivity index (χ3n) is 2.86. The first-order chi connectivity index (χ1) is 9.70. The number of rotatable bonds is 7. The fourth-order valence-electron chi connectivity index (χ4n) is 1.92. The summed E-state index contributed by atoms with van der Waals surface area (Å²) in [6, 6.07) is 6.61. The molecular formula is C13H17N5O2. The van der Waals surface area contributed by atoms with Gasteiger partial charge in [0.15, 0.2) is 0 Å². The molecule has 0 bridgehead atoms. The maximum atomic E-state index is 10.7. The number of hydrogen-bond acceptors (Lipinski definition) is 5. The van der Waals surface area contributed by atoms with Crippen LogP contribution < -0.4 is 5.32 Å². The van der Waals surface area contributed by atoms with Crippen LogP contribution in [0.3, 0.4) is 0 Å². The Hall–Kier alpha value is -2.28. The van der Waals surface area contributed by atoms with Crippen molar-refractivity contribution in [1.82, 2.24) is 20.1 Å². The van der Waals surface area contributed by atoms with E-state index in [1.807, 2.05) is 10.7 Å². The molecule has 2 rings (SSSR count). The highest BCUT2D eigenvalue weighted by molar-refractivity contribution is 5.34. The van der Waals surface area contributed by atoms with E-state index in [0.29, 0.717) is 13.1 Å². The van der Waals surface area contributed by atoms with Crippen LogP contribution in [0.25, 0.3) is 0 Å². The minimum Gasteiger partial charge on any atom is -0.306 e. The van der Waals surface area contributed by atoms with Crippen LogP contribution in [-0.2, 0) is 19.6 Å². The van der Waals surface area contributed by atoms with Crippen LogP contribution in [0.1, 0.15) is 24.7 Å². The quantitative estimate of drug-likeness (QED) is 0.616. The van der Waals surface area contributed by atoms with Crippen LogP contribution in [0.4, 0.5) is 5.69 Å². The standard InChI is InChI=1S/C13H17N5O2/c1-2-6-17-13(15-10-16-17)9-14-8-11-4-3-5-12(7-11)18(19)20/h3-5,7,10,14H,2,6,8-9H2,1H3. The molecule has 0 unspecified atom stereocenters. The zero-order valence-electron chi connectivity index (χ0n) is 11.3. The van der Waals surface area contributed by atoms with E-state index in [1.165, 1.54) is 6.07 Å². The van der Waals surface area contributed by atoms with E-state index in [4.69, 9.17) is 0 Å². The Morgan fingerprint density at radius 2 is 2.25 bits per heavy atom. The smallest absolute Gasteiger partial charge is 0.269 e. The molecule has 0 spiro atoms. The minimum absolute atomic E-state index is 0.110. The molecule has 0 amide bonds. The third-order valence-corrected chi connectivity index (χ3v) is 2.86.